The maximum Gasteiger partial charge on any atom is 0.323 e. The summed E-state index contributed by atoms with van der Waals surface area (Å²) in [7, 11) is 0. The molecule has 0 bridgehead atoms. The van der Waals surface area contributed by atoms with Crippen LogP contribution in [0.2, 0.25) is 0 Å². The predicted octanol–water partition coefficient (Wildman–Crippen LogP) is 4.57. The lowest BCUT2D eigenvalue weighted by atomic mass is 10.1. The number of hydrogen-bond donors (Lipinski definition) is 2. The number of nitrogens with zero attached hydrogens (tertiary/aromatic N) is 3. The highest BCUT2D eigenvalue weighted by atomic mass is 16.2. The Labute approximate surface area is 190 Å². The van der Waals surface area contributed by atoms with Crippen LogP contribution in [0.1, 0.15) is 43.2 Å². The third-order valence-corrected chi connectivity index (χ3v) is 6.69. The molecule has 0 spiro atoms. The van der Waals surface area contributed by atoms with Gasteiger partial charge in [0.1, 0.15) is 5.82 Å². The highest BCUT2D eigenvalue weighted by Gasteiger charge is 2.28. The molecule has 2 aliphatic rings. The van der Waals surface area contributed by atoms with Gasteiger partial charge in [-0.1, -0.05) is 25.0 Å². The lowest BCUT2D eigenvalue weighted by molar-refractivity contribution is -0.135. The molecule has 2 N–H and O–H groups in total. The van der Waals surface area contributed by atoms with E-state index in [4.69, 9.17) is 0 Å². The first-order valence-corrected chi connectivity index (χ1v) is 11.7. The van der Waals surface area contributed by atoms with Gasteiger partial charge < -0.3 is 20.4 Å². The van der Waals surface area contributed by atoms with Crippen LogP contribution < -0.4 is 15.5 Å². The first kappa shape index (κ1) is 22.1. The zero-order chi connectivity index (χ0) is 22.5. The largest absolute Gasteiger partial charge is 0.355 e. The molecule has 1 saturated carbocycles. The Morgan fingerprint density at radius 2 is 1.75 bits per heavy atom. The Balaban J connectivity index is 1.31. The van der Waals surface area contributed by atoms with Gasteiger partial charge in [0.2, 0.25) is 5.91 Å². The molecule has 1 saturated heterocycles. The van der Waals surface area contributed by atoms with E-state index in [-0.39, 0.29) is 11.9 Å². The van der Waals surface area contributed by atoms with Gasteiger partial charge in [-0.3, -0.25) is 4.79 Å². The summed E-state index contributed by atoms with van der Waals surface area (Å²) in [6.45, 7) is 7.24. The molecule has 0 radical (unpaired) electrons. The molecule has 1 aliphatic heterocycles. The van der Waals surface area contributed by atoms with Gasteiger partial charge in [0, 0.05) is 37.8 Å². The van der Waals surface area contributed by atoms with Crippen molar-refractivity contribution in [2.24, 2.45) is 5.92 Å². The molecule has 1 aromatic heterocycles. The van der Waals surface area contributed by atoms with Crippen LogP contribution in [0.15, 0.2) is 36.5 Å². The summed E-state index contributed by atoms with van der Waals surface area (Å²) in [6, 6.07) is 9.36. The second-order valence-electron chi connectivity index (χ2n) is 8.88. The third kappa shape index (κ3) is 5.21. The van der Waals surface area contributed by atoms with Crippen molar-refractivity contribution in [1.29, 1.82) is 0 Å². The normalized spacial score (nSPS) is 17.2. The molecule has 170 valence electrons. The molecule has 0 unspecified atom stereocenters. The standard InChI is InChI=1S/C25H33N5O2/c1-18-7-5-10-22(19(18)2)28-25(32)27-21-11-12-23(26-17-21)29-13-6-14-30(16-15-29)24(31)20-8-3-4-9-20/h5,7,10-12,17,20H,3-4,6,8-9,13-16H2,1-2H3,(H2,27,28,32). The second-order valence-corrected chi connectivity index (χ2v) is 8.88. The lowest BCUT2D eigenvalue weighted by Crippen LogP contribution is -2.38. The molecule has 4 rings (SSSR count). The van der Waals surface area contributed by atoms with Crippen LogP contribution in [-0.4, -0.2) is 48.0 Å². The maximum atomic E-state index is 12.8. The summed E-state index contributed by atoms with van der Waals surface area (Å²) in [6.07, 6.45) is 7.09. The average molecular weight is 436 g/mol. The summed E-state index contributed by atoms with van der Waals surface area (Å²) in [5, 5.41) is 5.75. The van der Waals surface area contributed by atoms with Crippen LogP contribution in [-0.2, 0) is 4.79 Å². The van der Waals surface area contributed by atoms with E-state index in [0.717, 1.165) is 68.1 Å². The first-order valence-electron chi connectivity index (χ1n) is 11.7. The fourth-order valence-corrected chi connectivity index (χ4v) is 4.62. The molecule has 3 amide bonds. The van der Waals surface area contributed by atoms with Crippen LogP contribution in [0.5, 0.6) is 0 Å². The molecule has 2 fully saturated rings. The first-order chi connectivity index (χ1) is 15.5. The van der Waals surface area contributed by atoms with E-state index >= 15 is 0 Å². The highest BCUT2D eigenvalue weighted by molar-refractivity contribution is 6.00. The van der Waals surface area contributed by atoms with Crippen molar-refractivity contribution in [2.75, 3.05) is 41.7 Å². The Bertz CT molecular complexity index is 953. The summed E-state index contributed by atoms with van der Waals surface area (Å²) >= 11 is 0. The lowest BCUT2D eigenvalue weighted by Gasteiger charge is -2.25. The Morgan fingerprint density at radius 1 is 0.938 bits per heavy atom. The minimum absolute atomic E-state index is 0.236. The van der Waals surface area contributed by atoms with Crippen molar-refractivity contribution in [2.45, 2.75) is 46.0 Å². The number of nitrogens with one attached hydrogen (secondary N) is 2. The van der Waals surface area contributed by atoms with E-state index in [1.807, 2.05) is 49.1 Å². The van der Waals surface area contributed by atoms with E-state index in [2.05, 4.69) is 20.5 Å². The van der Waals surface area contributed by atoms with Gasteiger partial charge in [0.25, 0.3) is 0 Å². The van der Waals surface area contributed by atoms with E-state index in [0.29, 0.717) is 11.6 Å². The Morgan fingerprint density at radius 3 is 2.50 bits per heavy atom. The number of aromatic nitrogens is 1. The zero-order valence-electron chi connectivity index (χ0n) is 19.1. The molecule has 0 atom stereocenters. The maximum absolute atomic E-state index is 12.8. The molecule has 1 aromatic carbocycles. The van der Waals surface area contributed by atoms with Crippen LogP contribution in [0.3, 0.4) is 0 Å². The van der Waals surface area contributed by atoms with Crippen LogP contribution in [0.25, 0.3) is 0 Å². The fraction of sp³-hybridized carbons (Fsp3) is 0.480. The molecule has 32 heavy (non-hydrogen) atoms. The number of benzene rings is 1. The van der Waals surface area contributed by atoms with E-state index < -0.39 is 0 Å². The number of carbonyl (C=O) groups is 2. The Kier molecular flexibility index (Phi) is 6.93. The molecular formula is C25H33N5O2. The minimum Gasteiger partial charge on any atom is -0.355 e. The van der Waals surface area contributed by atoms with Crippen molar-refractivity contribution < 1.29 is 9.59 Å². The number of amides is 3. The van der Waals surface area contributed by atoms with E-state index in [9.17, 15) is 9.59 Å². The van der Waals surface area contributed by atoms with Gasteiger partial charge in [-0.05, 0) is 62.4 Å². The van der Waals surface area contributed by atoms with Gasteiger partial charge in [0.15, 0.2) is 0 Å². The highest BCUT2D eigenvalue weighted by Crippen LogP contribution is 2.27. The summed E-state index contributed by atoms with van der Waals surface area (Å²) < 4.78 is 0. The molecule has 7 heteroatoms. The molecule has 7 nitrogen and oxygen atoms in total. The topological polar surface area (TPSA) is 77.6 Å². The van der Waals surface area contributed by atoms with Gasteiger partial charge in [-0.25, -0.2) is 9.78 Å². The predicted molar refractivity (Wildman–Crippen MR) is 128 cm³/mol. The Hall–Kier alpha value is -3.09. The van der Waals surface area contributed by atoms with E-state index in [1.54, 1.807) is 6.20 Å². The summed E-state index contributed by atoms with van der Waals surface area (Å²) in [5.41, 5.74) is 3.63. The minimum atomic E-state index is -0.288. The van der Waals surface area contributed by atoms with Gasteiger partial charge in [-0.15, -0.1) is 0 Å². The monoisotopic (exact) mass is 435 g/mol. The molecule has 2 heterocycles. The SMILES string of the molecule is Cc1cccc(NC(=O)Nc2ccc(N3CCCN(C(=O)C4CCCC4)CC3)nc2)c1C. The number of urea groups is 1. The van der Waals surface area contributed by atoms with Crippen molar-refractivity contribution in [3.8, 4) is 0 Å². The quantitative estimate of drug-likeness (QED) is 0.737. The van der Waals surface area contributed by atoms with Crippen LogP contribution >= 0.6 is 0 Å². The number of anilines is 3. The molecule has 2 aromatic rings. The smallest absolute Gasteiger partial charge is 0.323 e. The number of pyridine rings is 1. The third-order valence-electron chi connectivity index (χ3n) is 6.69. The number of aryl methyl sites for hydroxylation is 1. The van der Waals surface area contributed by atoms with Crippen LogP contribution in [0.4, 0.5) is 22.0 Å². The number of carbonyl (C=O) groups excluding carboxylic acids is 2. The molecule has 1 aliphatic carbocycles. The van der Waals surface area contributed by atoms with Gasteiger partial charge in [-0.2, -0.15) is 0 Å². The summed E-state index contributed by atoms with van der Waals surface area (Å²) in [5.74, 6) is 1.45. The zero-order valence-corrected chi connectivity index (χ0v) is 19.1. The van der Waals surface area contributed by atoms with Crippen LogP contribution in [0, 0.1) is 19.8 Å². The second kappa shape index (κ2) is 10.0. The average Bonchev–Trinajstić information content (AvgIpc) is 3.22. The van der Waals surface area contributed by atoms with Crippen molar-refractivity contribution >= 4 is 29.1 Å². The van der Waals surface area contributed by atoms with Gasteiger partial charge >= 0.3 is 6.03 Å². The van der Waals surface area contributed by atoms with Crippen molar-refractivity contribution in [1.82, 2.24) is 9.88 Å². The fourth-order valence-electron chi connectivity index (χ4n) is 4.62. The van der Waals surface area contributed by atoms with Gasteiger partial charge in [0.05, 0.1) is 11.9 Å². The number of hydrogen-bond acceptors (Lipinski definition) is 4. The van der Waals surface area contributed by atoms with E-state index in [1.165, 1.54) is 12.8 Å². The number of rotatable bonds is 4. The molecular weight excluding hydrogens is 402 g/mol. The van der Waals surface area contributed by atoms with Crippen molar-refractivity contribution in [3.05, 3.63) is 47.7 Å². The summed E-state index contributed by atoms with van der Waals surface area (Å²) in [4.78, 5) is 34.0. The van der Waals surface area contributed by atoms with Crippen molar-refractivity contribution in [3.63, 3.8) is 0 Å².